The molecule has 1 saturated heterocycles. The molecule has 0 bridgehead atoms. The van der Waals surface area contributed by atoms with Crippen molar-refractivity contribution < 1.29 is 19.3 Å². The first-order valence-electron chi connectivity index (χ1n) is 6.21. The predicted molar refractivity (Wildman–Crippen MR) is 71.5 cm³/mol. The largest absolute Gasteiger partial charge is 0.318 e. The van der Waals surface area contributed by atoms with Gasteiger partial charge in [0.2, 0.25) is 11.8 Å². The summed E-state index contributed by atoms with van der Waals surface area (Å²) < 4.78 is 0. The molecule has 1 aromatic carbocycles. The number of piperazine rings is 1. The Morgan fingerprint density at radius 1 is 1.43 bits per heavy atom. The first-order valence-corrected chi connectivity index (χ1v) is 6.21. The van der Waals surface area contributed by atoms with Crippen molar-refractivity contribution in [3.8, 4) is 0 Å². The molecule has 0 aromatic heterocycles. The number of nitro groups is 1. The second-order valence-corrected chi connectivity index (χ2v) is 4.78. The standard InChI is InChI=1S/C13H13N3O5/c1-7-5-9(16(20)21)3-4-10(7)13(19)15-6-11(17)14-12(18)8(15)2/h3-5,8H,6H2,1-2H3,(H,14,17,18). The summed E-state index contributed by atoms with van der Waals surface area (Å²) in [7, 11) is 0. The number of carbonyl (C=O) groups is 3. The number of nitro benzene ring substituents is 1. The van der Waals surface area contributed by atoms with Crippen molar-refractivity contribution in [3.05, 3.63) is 39.4 Å². The smallest absolute Gasteiger partial charge is 0.269 e. The minimum absolute atomic E-state index is 0.121. The van der Waals surface area contributed by atoms with E-state index in [1.54, 1.807) is 6.92 Å². The molecule has 21 heavy (non-hydrogen) atoms. The maximum absolute atomic E-state index is 12.4. The van der Waals surface area contributed by atoms with Crippen LogP contribution in [0.5, 0.6) is 0 Å². The molecule has 110 valence electrons. The van der Waals surface area contributed by atoms with Crippen LogP contribution in [0.3, 0.4) is 0 Å². The number of nitrogens with zero attached hydrogens (tertiary/aromatic N) is 2. The lowest BCUT2D eigenvalue weighted by Crippen LogP contribution is -2.58. The van der Waals surface area contributed by atoms with E-state index in [1.807, 2.05) is 0 Å². The molecule has 0 spiro atoms. The van der Waals surface area contributed by atoms with Gasteiger partial charge in [-0.25, -0.2) is 0 Å². The fraction of sp³-hybridized carbons (Fsp3) is 0.308. The maximum atomic E-state index is 12.4. The zero-order chi connectivity index (χ0) is 15.7. The highest BCUT2D eigenvalue weighted by Crippen LogP contribution is 2.20. The lowest BCUT2D eigenvalue weighted by molar-refractivity contribution is -0.384. The second-order valence-electron chi connectivity index (χ2n) is 4.78. The Morgan fingerprint density at radius 3 is 2.67 bits per heavy atom. The van der Waals surface area contributed by atoms with Gasteiger partial charge in [0, 0.05) is 17.7 Å². The van der Waals surface area contributed by atoms with E-state index in [4.69, 9.17) is 0 Å². The number of non-ortho nitro benzene ring substituents is 1. The number of hydrogen-bond acceptors (Lipinski definition) is 5. The Hall–Kier alpha value is -2.77. The monoisotopic (exact) mass is 291 g/mol. The summed E-state index contributed by atoms with van der Waals surface area (Å²) in [5.41, 5.74) is 0.527. The summed E-state index contributed by atoms with van der Waals surface area (Å²) in [5, 5.41) is 12.8. The van der Waals surface area contributed by atoms with Gasteiger partial charge in [-0.05, 0) is 25.5 Å². The Bertz CT molecular complexity index is 655. The molecule has 0 aliphatic carbocycles. The Kier molecular flexibility index (Phi) is 3.70. The number of carbonyl (C=O) groups excluding carboxylic acids is 3. The van der Waals surface area contributed by atoms with Gasteiger partial charge in [-0.2, -0.15) is 0 Å². The van der Waals surface area contributed by atoms with Gasteiger partial charge in [0.15, 0.2) is 0 Å². The van der Waals surface area contributed by atoms with Crippen LogP contribution in [0.4, 0.5) is 5.69 Å². The number of amides is 3. The average molecular weight is 291 g/mol. The van der Waals surface area contributed by atoms with Crippen molar-refractivity contribution in [1.29, 1.82) is 0 Å². The molecule has 1 unspecified atom stereocenters. The van der Waals surface area contributed by atoms with E-state index in [2.05, 4.69) is 5.32 Å². The zero-order valence-corrected chi connectivity index (χ0v) is 11.5. The lowest BCUT2D eigenvalue weighted by atomic mass is 10.0. The van der Waals surface area contributed by atoms with E-state index < -0.39 is 28.7 Å². The number of rotatable bonds is 2. The van der Waals surface area contributed by atoms with Crippen LogP contribution in [0.15, 0.2) is 18.2 Å². The van der Waals surface area contributed by atoms with Gasteiger partial charge in [0.25, 0.3) is 11.6 Å². The molecule has 3 amide bonds. The molecule has 8 heteroatoms. The van der Waals surface area contributed by atoms with E-state index in [0.29, 0.717) is 5.56 Å². The number of hydrogen-bond donors (Lipinski definition) is 1. The molecule has 8 nitrogen and oxygen atoms in total. The van der Waals surface area contributed by atoms with Crippen LogP contribution < -0.4 is 5.32 Å². The molecule has 2 rings (SSSR count). The van der Waals surface area contributed by atoms with Crippen LogP contribution in [0, 0.1) is 17.0 Å². The lowest BCUT2D eigenvalue weighted by Gasteiger charge is -2.32. The van der Waals surface area contributed by atoms with Crippen LogP contribution in [-0.4, -0.2) is 40.1 Å². The molecule has 0 radical (unpaired) electrons. The summed E-state index contributed by atoms with van der Waals surface area (Å²) >= 11 is 0. The number of aryl methyl sites for hydroxylation is 1. The van der Waals surface area contributed by atoms with Crippen LogP contribution in [-0.2, 0) is 9.59 Å². The first-order chi connectivity index (χ1) is 9.81. The van der Waals surface area contributed by atoms with E-state index in [-0.39, 0.29) is 17.8 Å². The van der Waals surface area contributed by atoms with E-state index in [1.165, 1.54) is 25.1 Å². The molecule has 1 fully saturated rings. The minimum Gasteiger partial charge on any atom is -0.318 e. The quantitative estimate of drug-likeness (QED) is 0.481. The zero-order valence-electron chi connectivity index (χ0n) is 11.5. The highest BCUT2D eigenvalue weighted by Gasteiger charge is 2.34. The van der Waals surface area contributed by atoms with Crippen molar-refractivity contribution in [1.82, 2.24) is 10.2 Å². The molecule has 1 heterocycles. The molecule has 1 N–H and O–H groups in total. The second kappa shape index (κ2) is 5.31. The molecular formula is C13H13N3O5. The van der Waals surface area contributed by atoms with Crippen molar-refractivity contribution in [3.63, 3.8) is 0 Å². The number of nitrogens with one attached hydrogen (secondary N) is 1. The number of imide groups is 1. The SMILES string of the molecule is Cc1cc([N+](=O)[O-])ccc1C(=O)N1CC(=O)NC(=O)C1C. The van der Waals surface area contributed by atoms with Crippen LogP contribution in [0.2, 0.25) is 0 Å². The molecule has 0 saturated carbocycles. The van der Waals surface area contributed by atoms with Gasteiger partial charge in [0.05, 0.1) is 4.92 Å². The van der Waals surface area contributed by atoms with Crippen molar-refractivity contribution in [2.24, 2.45) is 0 Å². The molecule has 1 aliphatic heterocycles. The van der Waals surface area contributed by atoms with Crippen LogP contribution in [0.25, 0.3) is 0 Å². The Balaban J connectivity index is 2.33. The maximum Gasteiger partial charge on any atom is 0.269 e. The summed E-state index contributed by atoms with van der Waals surface area (Å²) in [5.74, 6) is -1.59. The van der Waals surface area contributed by atoms with E-state index in [0.717, 1.165) is 4.90 Å². The minimum atomic E-state index is -0.773. The van der Waals surface area contributed by atoms with Gasteiger partial charge in [-0.1, -0.05) is 0 Å². The summed E-state index contributed by atoms with van der Waals surface area (Å²) in [6.07, 6.45) is 0. The van der Waals surface area contributed by atoms with Gasteiger partial charge in [-0.15, -0.1) is 0 Å². The summed E-state index contributed by atoms with van der Waals surface area (Å²) in [6, 6.07) is 3.06. The van der Waals surface area contributed by atoms with Gasteiger partial charge < -0.3 is 4.90 Å². The highest BCUT2D eigenvalue weighted by atomic mass is 16.6. The molecular weight excluding hydrogens is 278 g/mol. The van der Waals surface area contributed by atoms with Gasteiger partial charge in [-0.3, -0.25) is 29.8 Å². The fourth-order valence-electron chi connectivity index (χ4n) is 2.12. The summed E-state index contributed by atoms with van der Waals surface area (Å²) in [4.78, 5) is 46.7. The number of benzene rings is 1. The van der Waals surface area contributed by atoms with Gasteiger partial charge >= 0.3 is 0 Å². The topological polar surface area (TPSA) is 110 Å². The van der Waals surface area contributed by atoms with E-state index in [9.17, 15) is 24.5 Å². The van der Waals surface area contributed by atoms with Crippen LogP contribution in [0.1, 0.15) is 22.8 Å². The third-order valence-electron chi connectivity index (χ3n) is 3.34. The first kappa shape index (κ1) is 14.6. The van der Waals surface area contributed by atoms with Crippen molar-refractivity contribution >= 4 is 23.4 Å². The Labute approximate surface area is 119 Å². The molecule has 1 aliphatic rings. The predicted octanol–water partition coefficient (Wildman–Crippen LogP) is 0.390. The summed E-state index contributed by atoms with van der Waals surface area (Å²) in [6.45, 7) is 2.86. The van der Waals surface area contributed by atoms with Gasteiger partial charge in [0.1, 0.15) is 12.6 Å². The molecule has 1 atom stereocenters. The Morgan fingerprint density at radius 2 is 2.10 bits per heavy atom. The van der Waals surface area contributed by atoms with Crippen LogP contribution >= 0.6 is 0 Å². The van der Waals surface area contributed by atoms with E-state index >= 15 is 0 Å². The van der Waals surface area contributed by atoms with Crippen molar-refractivity contribution in [2.75, 3.05) is 6.54 Å². The third-order valence-corrected chi connectivity index (χ3v) is 3.34. The fourth-order valence-corrected chi connectivity index (χ4v) is 2.12. The third kappa shape index (κ3) is 2.73. The average Bonchev–Trinajstić information content (AvgIpc) is 2.41. The van der Waals surface area contributed by atoms with Crippen molar-refractivity contribution in [2.45, 2.75) is 19.9 Å². The normalized spacial score (nSPS) is 18.4. The molecule has 1 aromatic rings. The highest BCUT2D eigenvalue weighted by molar-refractivity contribution is 6.07.